The smallest absolute Gasteiger partial charge is 0.127 e. The Morgan fingerprint density at radius 1 is 1.44 bits per heavy atom. The number of methoxy groups -OCH3 is 1. The molecule has 4 heteroatoms. The van der Waals surface area contributed by atoms with E-state index in [4.69, 9.17) is 20.3 Å². The molecule has 1 atom stereocenters. The molecule has 0 spiro atoms. The summed E-state index contributed by atoms with van der Waals surface area (Å²) < 4.78 is 10.7. The maximum atomic E-state index is 8.69. The molecule has 3 N–H and O–H groups in total. The lowest BCUT2D eigenvalue weighted by Crippen LogP contribution is -2.09. The first kappa shape index (κ1) is 12.8. The van der Waals surface area contributed by atoms with Crippen LogP contribution in [0, 0.1) is 0 Å². The van der Waals surface area contributed by atoms with Gasteiger partial charge in [-0.15, -0.1) is 0 Å². The largest absolute Gasteiger partial charge is 0.497 e. The highest BCUT2D eigenvalue weighted by Gasteiger charge is 2.09. The Kier molecular flexibility index (Phi) is 5.08. The fraction of sp³-hybridized carbons (Fsp3) is 0.500. The maximum absolute atomic E-state index is 8.69. The molecule has 1 aromatic carbocycles. The van der Waals surface area contributed by atoms with Crippen LogP contribution >= 0.6 is 0 Å². The van der Waals surface area contributed by atoms with E-state index in [1.54, 1.807) is 7.11 Å². The second kappa shape index (κ2) is 6.35. The lowest BCUT2D eigenvalue weighted by Gasteiger charge is -2.14. The Labute approximate surface area is 96.0 Å². The van der Waals surface area contributed by atoms with Crippen LogP contribution in [0.25, 0.3) is 0 Å². The highest BCUT2D eigenvalue weighted by atomic mass is 16.5. The van der Waals surface area contributed by atoms with E-state index >= 15 is 0 Å². The summed E-state index contributed by atoms with van der Waals surface area (Å²) >= 11 is 0. The van der Waals surface area contributed by atoms with E-state index in [2.05, 4.69) is 0 Å². The van der Waals surface area contributed by atoms with Gasteiger partial charge in [0.15, 0.2) is 0 Å². The molecule has 4 nitrogen and oxygen atoms in total. The third kappa shape index (κ3) is 3.40. The number of ether oxygens (including phenoxy) is 2. The normalized spacial score (nSPS) is 12.2. The summed E-state index contributed by atoms with van der Waals surface area (Å²) in [5, 5.41) is 8.69. The topological polar surface area (TPSA) is 64.7 Å². The Morgan fingerprint density at radius 3 is 2.75 bits per heavy atom. The first-order chi connectivity index (χ1) is 7.69. The van der Waals surface area contributed by atoms with Crippen molar-refractivity contribution in [3.8, 4) is 11.5 Å². The van der Waals surface area contributed by atoms with Crippen LogP contribution in [-0.4, -0.2) is 25.4 Å². The predicted octanol–water partition coefficient (Wildman–Crippen LogP) is 1.48. The lowest BCUT2D eigenvalue weighted by atomic mass is 10.1. The van der Waals surface area contributed by atoms with E-state index in [1.165, 1.54) is 0 Å². The van der Waals surface area contributed by atoms with Crippen LogP contribution in [0.15, 0.2) is 18.2 Å². The monoisotopic (exact) mass is 225 g/mol. The van der Waals surface area contributed by atoms with Crippen LogP contribution in [0.3, 0.4) is 0 Å². The molecule has 90 valence electrons. The molecule has 0 aliphatic rings. The molecule has 1 rings (SSSR count). The van der Waals surface area contributed by atoms with Crippen LogP contribution in [0.4, 0.5) is 0 Å². The van der Waals surface area contributed by atoms with Gasteiger partial charge in [-0.2, -0.15) is 0 Å². The summed E-state index contributed by atoms with van der Waals surface area (Å²) in [6.45, 7) is 2.50. The van der Waals surface area contributed by atoms with Crippen molar-refractivity contribution in [1.82, 2.24) is 0 Å². The van der Waals surface area contributed by atoms with Crippen molar-refractivity contribution in [1.29, 1.82) is 0 Å². The zero-order valence-electron chi connectivity index (χ0n) is 9.77. The minimum Gasteiger partial charge on any atom is -0.497 e. The zero-order valence-corrected chi connectivity index (χ0v) is 9.77. The average Bonchev–Trinajstić information content (AvgIpc) is 2.29. The van der Waals surface area contributed by atoms with Crippen LogP contribution in [0.5, 0.6) is 11.5 Å². The quantitative estimate of drug-likeness (QED) is 0.720. The van der Waals surface area contributed by atoms with E-state index < -0.39 is 0 Å². The van der Waals surface area contributed by atoms with E-state index in [-0.39, 0.29) is 12.6 Å². The third-order valence-corrected chi connectivity index (χ3v) is 2.27. The van der Waals surface area contributed by atoms with Gasteiger partial charge in [0.2, 0.25) is 0 Å². The molecule has 0 saturated heterocycles. The number of nitrogens with two attached hydrogens (primary N) is 1. The minimum absolute atomic E-state index is 0.0879. The van der Waals surface area contributed by atoms with Crippen molar-refractivity contribution < 1.29 is 14.6 Å². The minimum atomic E-state index is -0.0879. The highest BCUT2D eigenvalue weighted by Crippen LogP contribution is 2.28. The van der Waals surface area contributed by atoms with Crippen molar-refractivity contribution in [3.63, 3.8) is 0 Å². The van der Waals surface area contributed by atoms with Crippen LogP contribution in [0.1, 0.15) is 24.9 Å². The Bertz CT molecular complexity index is 326. The maximum Gasteiger partial charge on any atom is 0.127 e. The first-order valence-corrected chi connectivity index (χ1v) is 5.36. The van der Waals surface area contributed by atoms with E-state index in [1.807, 2.05) is 25.1 Å². The SMILES string of the molecule is COc1ccc(C(C)N)c(OCCCO)c1. The summed E-state index contributed by atoms with van der Waals surface area (Å²) in [4.78, 5) is 0. The van der Waals surface area contributed by atoms with Gasteiger partial charge < -0.3 is 20.3 Å². The summed E-state index contributed by atoms with van der Waals surface area (Å²) in [6, 6.07) is 5.49. The molecule has 0 aliphatic heterocycles. The van der Waals surface area contributed by atoms with Crippen molar-refractivity contribution in [2.75, 3.05) is 20.3 Å². The number of rotatable bonds is 6. The molecule has 0 aliphatic carbocycles. The van der Waals surface area contributed by atoms with Gasteiger partial charge in [-0.25, -0.2) is 0 Å². The number of hydrogen-bond donors (Lipinski definition) is 2. The van der Waals surface area contributed by atoms with E-state index in [9.17, 15) is 0 Å². The lowest BCUT2D eigenvalue weighted by molar-refractivity contribution is 0.231. The number of aliphatic hydroxyl groups is 1. The van der Waals surface area contributed by atoms with Gasteiger partial charge in [0.25, 0.3) is 0 Å². The van der Waals surface area contributed by atoms with Crippen molar-refractivity contribution in [2.45, 2.75) is 19.4 Å². The predicted molar refractivity (Wildman–Crippen MR) is 62.8 cm³/mol. The second-order valence-corrected chi connectivity index (χ2v) is 3.62. The number of aliphatic hydroxyl groups excluding tert-OH is 1. The van der Waals surface area contributed by atoms with E-state index in [0.717, 1.165) is 17.1 Å². The molecule has 0 fully saturated rings. The summed E-state index contributed by atoms with van der Waals surface area (Å²) in [5.41, 5.74) is 6.78. The summed E-state index contributed by atoms with van der Waals surface area (Å²) in [6.07, 6.45) is 0.607. The number of benzene rings is 1. The molecule has 0 heterocycles. The number of hydrogen-bond acceptors (Lipinski definition) is 4. The van der Waals surface area contributed by atoms with Gasteiger partial charge in [0, 0.05) is 30.7 Å². The molecule has 0 aromatic heterocycles. The van der Waals surface area contributed by atoms with E-state index in [0.29, 0.717) is 13.0 Å². The fourth-order valence-electron chi connectivity index (χ4n) is 1.39. The van der Waals surface area contributed by atoms with Gasteiger partial charge in [-0.05, 0) is 13.0 Å². The van der Waals surface area contributed by atoms with Crippen molar-refractivity contribution in [2.24, 2.45) is 5.73 Å². The standard InChI is InChI=1S/C12H19NO3/c1-9(13)11-5-4-10(15-2)8-12(11)16-7-3-6-14/h4-5,8-9,14H,3,6-7,13H2,1-2H3. The van der Waals surface area contributed by atoms with Gasteiger partial charge in [0.1, 0.15) is 11.5 Å². The summed E-state index contributed by atoms with van der Waals surface area (Å²) in [7, 11) is 1.61. The molecule has 0 amide bonds. The molecule has 1 aromatic rings. The Hall–Kier alpha value is -1.26. The van der Waals surface area contributed by atoms with Crippen LogP contribution in [0.2, 0.25) is 0 Å². The van der Waals surface area contributed by atoms with Crippen LogP contribution < -0.4 is 15.2 Å². The summed E-state index contributed by atoms with van der Waals surface area (Å²) in [5.74, 6) is 1.46. The first-order valence-electron chi connectivity index (χ1n) is 5.36. The third-order valence-electron chi connectivity index (χ3n) is 2.27. The highest BCUT2D eigenvalue weighted by molar-refractivity contribution is 5.42. The van der Waals surface area contributed by atoms with Crippen LogP contribution in [-0.2, 0) is 0 Å². The van der Waals surface area contributed by atoms with Crippen molar-refractivity contribution >= 4 is 0 Å². The average molecular weight is 225 g/mol. The van der Waals surface area contributed by atoms with Gasteiger partial charge in [0.05, 0.1) is 13.7 Å². The molecule has 1 unspecified atom stereocenters. The van der Waals surface area contributed by atoms with Crippen molar-refractivity contribution in [3.05, 3.63) is 23.8 Å². The van der Waals surface area contributed by atoms with Gasteiger partial charge >= 0.3 is 0 Å². The molecular formula is C12H19NO3. The zero-order chi connectivity index (χ0) is 12.0. The fourth-order valence-corrected chi connectivity index (χ4v) is 1.39. The molecule has 0 saturated carbocycles. The molecule has 0 radical (unpaired) electrons. The second-order valence-electron chi connectivity index (χ2n) is 3.62. The van der Waals surface area contributed by atoms with Gasteiger partial charge in [-0.3, -0.25) is 0 Å². The molecule has 16 heavy (non-hydrogen) atoms. The Balaban J connectivity index is 2.83. The molecule has 0 bridgehead atoms. The Morgan fingerprint density at radius 2 is 2.19 bits per heavy atom. The molecular weight excluding hydrogens is 206 g/mol. The van der Waals surface area contributed by atoms with Gasteiger partial charge in [-0.1, -0.05) is 6.07 Å².